The number of ketones is 1. The first-order valence-corrected chi connectivity index (χ1v) is 6.40. The fraction of sp³-hybridized carbons (Fsp3) is 0.500. The molecule has 1 unspecified atom stereocenters. The van der Waals surface area contributed by atoms with Crippen molar-refractivity contribution < 1.29 is 14.3 Å². The molecule has 0 aromatic carbocycles. The maximum atomic E-state index is 11.7. The summed E-state index contributed by atoms with van der Waals surface area (Å²) in [4.78, 5) is 12.4. The van der Waals surface area contributed by atoms with E-state index in [4.69, 9.17) is 9.47 Å². The molecular weight excluding hydrogens is 280 g/mol. The summed E-state index contributed by atoms with van der Waals surface area (Å²) in [6, 6.07) is 1.87. The number of hydrogen-bond acceptors (Lipinski definition) is 4. The zero-order valence-corrected chi connectivity index (χ0v) is 10.5. The summed E-state index contributed by atoms with van der Waals surface area (Å²) in [6.45, 7) is 1.49. The minimum Gasteiger partial charge on any atom is -0.379 e. The van der Waals surface area contributed by atoms with Crippen LogP contribution >= 0.6 is 27.3 Å². The molecule has 82 valence electrons. The normalized spacial score (nSPS) is 20.7. The van der Waals surface area contributed by atoms with Gasteiger partial charge in [0, 0.05) is 11.1 Å². The fourth-order valence-corrected chi connectivity index (χ4v) is 2.92. The number of hydrogen-bond donors (Lipinski definition) is 0. The summed E-state index contributed by atoms with van der Waals surface area (Å²) in [6.07, 6.45) is 0.978. The van der Waals surface area contributed by atoms with Gasteiger partial charge in [0.05, 0.1) is 17.6 Å². The van der Waals surface area contributed by atoms with Gasteiger partial charge in [-0.3, -0.25) is 4.79 Å². The van der Waals surface area contributed by atoms with Crippen molar-refractivity contribution in [3.05, 3.63) is 20.8 Å². The smallest absolute Gasteiger partial charge is 0.199 e. The van der Waals surface area contributed by atoms with Gasteiger partial charge in [0.25, 0.3) is 0 Å². The molecule has 1 fully saturated rings. The lowest BCUT2D eigenvalue weighted by molar-refractivity contribution is 0.0392. The Kier molecular flexibility index (Phi) is 3.91. The highest BCUT2D eigenvalue weighted by Gasteiger charge is 2.19. The maximum Gasteiger partial charge on any atom is 0.199 e. The van der Waals surface area contributed by atoms with Gasteiger partial charge in [0.2, 0.25) is 0 Å². The van der Waals surface area contributed by atoms with E-state index in [1.54, 1.807) is 0 Å². The molecule has 2 heterocycles. The van der Waals surface area contributed by atoms with E-state index in [9.17, 15) is 4.79 Å². The van der Waals surface area contributed by atoms with Crippen molar-refractivity contribution in [3.63, 3.8) is 0 Å². The molecule has 2 rings (SSSR count). The summed E-state index contributed by atoms with van der Waals surface area (Å²) >= 11 is 4.76. The second kappa shape index (κ2) is 5.21. The minimum atomic E-state index is 0.0313. The molecule has 1 aromatic rings. The van der Waals surface area contributed by atoms with Gasteiger partial charge < -0.3 is 9.47 Å². The summed E-state index contributed by atoms with van der Waals surface area (Å²) in [5.41, 5.74) is 0. The van der Waals surface area contributed by atoms with Crippen LogP contribution in [0.25, 0.3) is 0 Å². The van der Waals surface area contributed by atoms with Gasteiger partial charge >= 0.3 is 0 Å². The molecule has 5 heteroatoms. The van der Waals surface area contributed by atoms with Crippen LogP contribution in [0.3, 0.4) is 0 Å². The maximum absolute atomic E-state index is 11.7. The molecule has 0 bridgehead atoms. The average Bonchev–Trinajstić information content (AvgIpc) is 2.84. The Labute approximate surface area is 101 Å². The number of carbonyl (C=O) groups is 1. The highest BCUT2D eigenvalue weighted by Crippen LogP contribution is 2.23. The molecule has 0 amide bonds. The number of ether oxygens (including phenoxy) is 2. The number of carbonyl (C=O) groups excluding carboxylic acids is 1. The Balaban J connectivity index is 1.84. The van der Waals surface area contributed by atoms with Gasteiger partial charge in [-0.1, -0.05) is 0 Å². The largest absolute Gasteiger partial charge is 0.379 e. The average molecular weight is 291 g/mol. The number of rotatable bonds is 4. The lowest BCUT2D eigenvalue weighted by Gasteiger charge is -2.07. The molecule has 1 aliphatic heterocycles. The molecule has 0 radical (unpaired) electrons. The van der Waals surface area contributed by atoms with E-state index in [1.807, 2.05) is 11.4 Å². The van der Waals surface area contributed by atoms with Gasteiger partial charge in [-0.2, -0.15) is 0 Å². The summed E-state index contributed by atoms with van der Waals surface area (Å²) < 4.78 is 11.5. The Hall–Kier alpha value is -0.230. The molecule has 0 spiro atoms. The Morgan fingerprint density at radius 2 is 2.60 bits per heavy atom. The summed E-state index contributed by atoms with van der Waals surface area (Å²) in [5.74, 6) is 0.0313. The van der Waals surface area contributed by atoms with Crippen LogP contribution in [0.1, 0.15) is 16.1 Å². The van der Waals surface area contributed by atoms with Crippen LogP contribution in [-0.2, 0) is 9.47 Å². The molecule has 15 heavy (non-hydrogen) atoms. The Morgan fingerprint density at radius 1 is 1.73 bits per heavy atom. The molecule has 0 aliphatic carbocycles. The highest BCUT2D eigenvalue weighted by atomic mass is 79.9. The minimum absolute atomic E-state index is 0.0313. The highest BCUT2D eigenvalue weighted by molar-refractivity contribution is 9.10. The predicted molar refractivity (Wildman–Crippen MR) is 61.5 cm³/mol. The van der Waals surface area contributed by atoms with E-state index in [2.05, 4.69) is 15.9 Å². The van der Waals surface area contributed by atoms with Crippen molar-refractivity contribution >= 4 is 33.0 Å². The molecule has 1 aliphatic rings. The van der Waals surface area contributed by atoms with E-state index >= 15 is 0 Å². The number of Topliss-reactive ketones (excluding diaryl/α,β-unsaturated/α-hetero) is 1. The molecule has 1 aromatic heterocycles. The van der Waals surface area contributed by atoms with Crippen molar-refractivity contribution in [1.82, 2.24) is 0 Å². The first-order valence-electron chi connectivity index (χ1n) is 4.73. The molecule has 1 saturated heterocycles. The first-order chi connectivity index (χ1) is 7.27. The van der Waals surface area contributed by atoms with Crippen LogP contribution in [0.4, 0.5) is 0 Å². The van der Waals surface area contributed by atoms with Gasteiger partial charge in [0.15, 0.2) is 5.78 Å². The standard InChI is InChI=1S/C10H11BrO3S/c11-8-2-4-15-10(8)9(12)6-14-7-1-3-13-5-7/h2,4,7H,1,3,5-6H2. The van der Waals surface area contributed by atoms with Crippen molar-refractivity contribution in [3.8, 4) is 0 Å². The van der Waals surface area contributed by atoms with Crippen LogP contribution in [0.15, 0.2) is 15.9 Å². The number of halogens is 1. The van der Waals surface area contributed by atoms with Gasteiger partial charge in [-0.15, -0.1) is 11.3 Å². The number of thiophene rings is 1. The topological polar surface area (TPSA) is 35.5 Å². The van der Waals surface area contributed by atoms with Crippen LogP contribution in [-0.4, -0.2) is 31.7 Å². The van der Waals surface area contributed by atoms with E-state index in [0.29, 0.717) is 6.61 Å². The second-order valence-corrected chi connectivity index (χ2v) is 5.09. The first kappa shape index (κ1) is 11.3. The van der Waals surface area contributed by atoms with E-state index < -0.39 is 0 Å². The summed E-state index contributed by atoms with van der Waals surface area (Å²) in [5, 5.41) is 1.88. The Morgan fingerprint density at radius 3 is 3.20 bits per heavy atom. The molecule has 1 atom stereocenters. The van der Waals surface area contributed by atoms with Crippen LogP contribution in [0.2, 0.25) is 0 Å². The van der Waals surface area contributed by atoms with Crippen molar-refractivity contribution in [2.45, 2.75) is 12.5 Å². The van der Waals surface area contributed by atoms with E-state index in [-0.39, 0.29) is 18.5 Å². The predicted octanol–water partition coefficient (Wildman–Crippen LogP) is 2.50. The SMILES string of the molecule is O=C(COC1CCOC1)c1sccc1Br. The lowest BCUT2D eigenvalue weighted by Crippen LogP contribution is -2.18. The lowest BCUT2D eigenvalue weighted by atomic mass is 10.3. The van der Waals surface area contributed by atoms with Gasteiger partial charge in [-0.25, -0.2) is 0 Å². The van der Waals surface area contributed by atoms with Crippen molar-refractivity contribution in [2.24, 2.45) is 0 Å². The second-order valence-electron chi connectivity index (χ2n) is 3.32. The van der Waals surface area contributed by atoms with E-state index in [1.165, 1.54) is 11.3 Å². The van der Waals surface area contributed by atoms with Gasteiger partial charge in [0.1, 0.15) is 6.61 Å². The Bertz CT molecular complexity index is 344. The summed E-state index contributed by atoms with van der Waals surface area (Å²) in [7, 11) is 0. The molecule has 3 nitrogen and oxygen atoms in total. The van der Waals surface area contributed by atoms with Gasteiger partial charge in [-0.05, 0) is 33.8 Å². The molecular formula is C10H11BrO3S. The molecule has 0 saturated carbocycles. The zero-order valence-electron chi connectivity index (χ0n) is 8.07. The van der Waals surface area contributed by atoms with E-state index in [0.717, 1.165) is 22.4 Å². The third-order valence-electron chi connectivity index (χ3n) is 2.21. The van der Waals surface area contributed by atoms with Crippen LogP contribution < -0.4 is 0 Å². The van der Waals surface area contributed by atoms with Crippen molar-refractivity contribution in [2.75, 3.05) is 19.8 Å². The fourth-order valence-electron chi connectivity index (χ4n) is 1.40. The van der Waals surface area contributed by atoms with Crippen LogP contribution in [0.5, 0.6) is 0 Å². The third-order valence-corrected chi connectivity index (χ3v) is 4.09. The van der Waals surface area contributed by atoms with Crippen LogP contribution in [0, 0.1) is 0 Å². The quantitative estimate of drug-likeness (QED) is 0.800. The zero-order chi connectivity index (χ0) is 10.7. The van der Waals surface area contributed by atoms with Crippen molar-refractivity contribution in [1.29, 1.82) is 0 Å². The third kappa shape index (κ3) is 2.87. The molecule has 0 N–H and O–H groups in total. The monoisotopic (exact) mass is 290 g/mol.